The molecular weight excluding hydrogens is 140 g/mol. The van der Waals surface area contributed by atoms with E-state index >= 15 is 0 Å². The fraction of sp³-hybridized carbons (Fsp3) is 1.00. The monoisotopic (exact) mass is 162 g/mol. The van der Waals surface area contributed by atoms with Crippen LogP contribution in [0.2, 0.25) is 0 Å². The molecule has 0 rings (SSSR count). The summed E-state index contributed by atoms with van der Waals surface area (Å²) in [6.45, 7) is 6.97. The van der Waals surface area contributed by atoms with E-state index in [2.05, 4.69) is 33.3 Å². The van der Waals surface area contributed by atoms with Gasteiger partial charge in [0.05, 0.1) is 0 Å². The highest BCUT2D eigenvalue weighted by atomic mass is 32.3. The smallest absolute Gasteiger partial charge is 0.0207 e. The van der Waals surface area contributed by atoms with Gasteiger partial charge in [0, 0.05) is 0 Å². The van der Waals surface area contributed by atoms with E-state index in [1.807, 2.05) is 0 Å². The Morgan fingerprint density at radius 1 is 1.20 bits per heavy atom. The summed E-state index contributed by atoms with van der Waals surface area (Å²) in [5.74, 6) is 3.78. The molecule has 0 spiro atoms. The summed E-state index contributed by atoms with van der Waals surface area (Å²) in [5, 5.41) is 0. The van der Waals surface area contributed by atoms with Crippen molar-refractivity contribution in [2.75, 3.05) is 24.0 Å². The molecule has 0 aliphatic heterocycles. The molecule has 0 nitrogen and oxygen atoms in total. The van der Waals surface area contributed by atoms with Crippen molar-refractivity contribution in [3.63, 3.8) is 0 Å². The van der Waals surface area contributed by atoms with Crippen molar-refractivity contribution < 1.29 is 0 Å². The summed E-state index contributed by atoms with van der Waals surface area (Å²) in [6, 6.07) is 0. The van der Waals surface area contributed by atoms with Crippen molar-refractivity contribution in [2.24, 2.45) is 5.92 Å². The number of hydrogen-bond acceptors (Lipinski definition) is 0. The van der Waals surface area contributed by atoms with Gasteiger partial charge in [0.25, 0.3) is 0 Å². The van der Waals surface area contributed by atoms with E-state index in [9.17, 15) is 0 Å². The quantitative estimate of drug-likeness (QED) is 0.596. The van der Waals surface area contributed by atoms with Crippen LogP contribution in [0.4, 0.5) is 0 Å². The van der Waals surface area contributed by atoms with Crippen molar-refractivity contribution in [1.29, 1.82) is 0 Å². The number of rotatable bonds is 4. The molecule has 1 heteroatoms. The van der Waals surface area contributed by atoms with Crippen LogP contribution in [0.3, 0.4) is 0 Å². The SMILES string of the molecule is CCC(C)CS(C)(C)CC. The van der Waals surface area contributed by atoms with Crippen LogP contribution in [0.5, 0.6) is 0 Å². The maximum Gasteiger partial charge on any atom is -0.0207 e. The molecule has 10 heavy (non-hydrogen) atoms. The van der Waals surface area contributed by atoms with E-state index in [0.717, 1.165) is 5.92 Å². The maximum absolute atomic E-state index is 2.44. The van der Waals surface area contributed by atoms with Gasteiger partial charge in [-0.15, -0.1) is 0 Å². The molecule has 0 aromatic rings. The van der Waals surface area contributed by atoms with Gasteiger partial charge in [-0.25, -0.2) is 10.0 Å². The lowest BCUT2D eigenvalue weighted by Crippen LogP contribution is -2.10. The summed E-state index contributed by atoms with van der Waals surface area (Å²) in [7, 11) is -0.231. The molecule has 0 fully saturated rings. The van der Waals surface area contributed by atoms with Crippen LogP contribution >= 0.6 is 10.0 Å². The van der Waals surface area contributed by atoms with Crippen molar-refractivity contribution in [3.05, 3.63) is 0 Å². The van der Waals surface area contributed by atoms with E-state index < -0.39 is 0 Å². The second-order valence-corrected chi connectivity index (χ2v) is 8.18. The average Bonchev–Trinajstić information content (AvgIpc) is 1.87. The summed E-state index contributed by atoms with van der Waals surface area (Å²) in [5.41, 5.74) is 0. The molecule has 1 atom stereocenters. The second-order valence-electron chi connectivity index (χ2n) is 3.74. The van der Waals surface area contributed by atoms with Gasteiger partial charge in [-0.3, -0.25) is 0 Å². The Morgan fingerprint density at radius 3 is 2.00 bits per heavy atom. The predicted octanol–water partition coefficient (Wildman–Crippen LogP) is 3.12. The van der Waals surface area contributed by atoms with Crippen molar-refractivity contribution in [3.8, 4) is 0 Å². The summed E-state index contributed by atoms with van der Waals surface area (Å²) in [6.07, 6.45) is 6.23. The zero-order chi connectivity index (χ0) is 8.20. The van der Waals surface area contributed by atoms with Crippen LogP contribution in [0.1, 0.15) is 27.2 Å². The van der Waals surface area contributed by atoms with E-state index in [1.165, 1.54) is 17.9 Å². The van der Waals surface area contributed by atoms with Gasteiger partial charge in [-0.05, 0) is 29.9 Å². The Bertz CT molecular complexity index is 86.7. The van der Waals surface area contributed by atoms with Crippen LogP contribution in [-0.2, 0) is 0 Å². The Labute approximate surface area is 67.7 Å². The Hall–Kier alpha value is 0.350. The Kier molecular flexibility index (Phi) is 4.42. The minimum atomic E-state index is -0.231. The van der Waals surface area contributed by atoms with Crippen LogP contribution in [-0.4, -0.2) is 24.0 Å². The lowest BCUT2D eigenvalue weighted by Gasteiger charge is -2.32. The van der Waals surface area contributed by atoms with Gasteiger partial charge in [-0.2, -0.15) is 0 Å². The summed E-state index contributed by atoms with van der Waals surface area (Å²) in [4.78, 5) is 0. The third kappa shape index (κ3) is 4.21. The third-order valence-electron chi connectivity index (χ3n) is 2.21. The largest absolute Gasteiger partial charge is 0.247 e. The molecule has 1 unspecified atom stereocenters. The highest BCUT2D eigenvalue weighted by Gasteiger charge is 2.11. The van der Waals surface area contributed by atoms with E-state index in [0.29, 0.717) is 0 Å². The first-order valence-corrected chi connectivity index (χ1v) is 6.99. The Balaban J connectivity index is 3.64. The van der Waals surface area contributed by atoms with Crippen molar-refractivity contribution in [2.45, 2.75) is 27.2 Å². The molecule has 0 saturated carbocycles. The average molecular weight is 162 g/mol. The molecule has 0 bridgehead atoms. The molecule has 0 heterocycles. The molecule has 0 aromatic carbocycles. The fourth-order valence-electron chi connectivity index (χ4n) is 1.01. The first kappa shape index (κ1) is 10.3. The topological polar surface area (TPSA) is 0 Å². The first-order valence-electron chi connectivity index (χ1n) is 4.20. The second kappa shape index (κ2) is 4.27. The van der Waals surface area contributed by atoms with E-state index in [4.69, 9.17) is 0 Å². The van der Waals surface area contributed by atoms with E-state index in [-0.39, 0.29) is 10.0 Å². The molecule has 0 aliphatic rings. The molecule has 0 saturated heterocycles. The molecule has 64 valence electrons. The molecule has 0 N–H and O–H groups in total. The zero-order valence-corrected chi connectivity index (χ0v) is 8.92. The lowest BCUT2D eigenvalue weighted by molar-refractivity contribution is 0.634. The lowest BCUT2D eigenvalue weighted by atomic mass is 10.2. The van der Waals surface area contributed by atoms with E-state index in [1.54, 1.807) is 0 Å². The van der Waals surface area contributed by atoms with Crippen molar-refractivity contribution >= 4 is 10.0 Å². The predicted molar refractivity (Wildman–Crippen MR) is 54.3 cm³/mol. The van der Waals surface area contributed by atoms with Crippen LogP contribution in [0, 0.1) is 5.92 Å². The highest BCUT2D eigenvalue weighted by molar-refractivity contribution is 8.32. The van der Waals surface area contributed by atoms with Crippen LogP contribution in [0.25, 0.3) is 0 Å². The third-order valence-corrected chi connectivity index (χ3v) is 5.25. The van der Waals surface area contributed by atoms with Crippen LogP contribution < -0.4 is 0 Å². The molecule has 0 amide bonds. The summed E-state index contributed by atoms with van der Waals surface area (Å²) < 4.78 is 0. The van der Waals surface area contributed by atoms with Crippen molar-refractivity contribution in [1.82, 2.24) is 0 Å². The first-order chi connectivity index (χ1) is 4.52. The highest BCUT2D eigenvalue weighted by Crippen LogP contribution is 2.41. The minimum Gasteiger partial charge on any atom is -0.247 e. The van der Waals surface area contributed by atoms with Crippen LogP contribution in [0.15, 0.2) is 0 Å². The van der Waals surface area contributed by atoms with Gasteiger partial charge in [0.2, 0.25) is 0 Å². The molecule has 0 aliphatic carbocycles. The molecule has 0 aromatic heterocycles. The Morgan fingerprint density at radius 2 is 1.70 bits per heavy atom. The normalized spacial score (nSPS) is 16.9. The molecule has 0 radical (unpaired) electrons. The number of hydrogen-bond donors (Lipinski definition) is 0. The molecular formula is C9H22S. The standard InChI is InChI=1S/C9H22S/c1-6-9(3)8-10(4,5)7-2/h9H,6-8H2,1-5H3. The van der Waals surface area contributed by atoms with Gasteiger partial charge in [-0.1, -0.05) is 27.2 Å². The van der Waals surface area contributed by atoms with Gasteiger partial charge in [0.1, 0.15) is 0 Å². The fourth-order valence-corrected chi connectivity index (χ4v) is 3.02. The summed E-state index contributed by atoms with van der Waals surface area (Å²) >= 11 is 0. The minimum absolute atomic E-state index is 0.231. The van der Waals surface area contributed by atoms with Gasteiger partial charge < -0.3 is 0 Å². The maximum atomic E-state index is 2.44. The zero-order valence-electron chi connectivity index (χ0n) is 8.11. The van der Waals surface area contributed by atoms with Gasteiger partial charge in [0.15, 0.2) is 0 Å². The van der Waals surface area contributed by atoms with Gasteiger partial charge >= 0.3 is 0 Å².